The Morgan fingerprint density at radius 1 is 1.24 bits per heavy atom. The smallest absolute Gasteiger partial charge is 0.225 e. The summed E-state index contributed by atoms with van der Waals surface area (Å²) in [4.78, 5) is 13.2. The highest BCUT2D eigenvalue weighted by Crippen LogP contribution is 2.21. The molecule has 0 saturated heterocycles. The lowest BCUT2D eigenvalue weighted by Crippen LogP contribution is -2.12. The molecule has 1 amide bonds. The van der Waals surface area contributed by atoms with Gasteiger partial charge >= 0.3 is 0 Å². The van der Waals surface area contributed by atoms with Gasteiger partial charge in [-0.3, -0.25) is 4.79 Å². The maximum atomic E-state index is 12.1. The van der Waals surface area contributed by atoms with Crippen molar-refractivity contribution in [2.75, 3.05) is 11.1 Å². The first-order chi connectivity index (χ1) is 12.1. The van der Waals surface area contributed by atoms with Crippen molar-refractivity contribution in [3.8, 4) is 5.69 Å². The van der Waals surface area contributed by atoms with E-state index in [-0.39, 0.29) is 5.91 Å². The fourth-order valence-corrected chi connectivity index (χ4v) is 3.18. The number of nitrogens with zero attached hydrogens (tertiary/aromatic N) is 4. The molecule has 0 atom stereocenters. The van der Waals surface area contributed by atoms with Crippen LogP contribution in [0.4, 0.5) is 5.69 Å². The van der Waals surface area contributed by atoms with E-state index in [1.165, 1.54) is 0 Å². The molecule has 0 aliphatic rings. The van der Waals surface area contributed by atoms with E-state index in [0.717, 1.165) is 10.6 Å². The number of thioether (sulfide) groups is 1. The number of aryl methyl sites for hydroxylation is 1. The molecule has 3 rings (SSSR count). The topological polar surface area (TPSA) is 72.7 Å². The van der Waals surface area contributed by atoms with Crippen LogP contribution in [-0.4, -0.2) is 31.9 Å². The van der Waals surface area contributed by atoms with E-state index < -0.39 is 0 Å². The average molecular weight is 374 g/mol. The molecule has 128 valence electrons. The van der Waals surface area contributed by atoms with Crippen LogP contribution in [0.5, 0.6) is 0 Å². The Morgan fingerprint density at radius 3 is 2.76 bits per heavy atom. The van der Waals surface area contributed by atoms with Crippen LogP contribution in [-0.2, 0) is 4.79 Å². The summed E-state index contributed by atoms with van der Waals surface area (Å²) < 4.78 is 1.62. The van der Waals surface area contributed by atoms with E-state index in [4.69, 9.17) is 11.6 Å². The summed E-state index contributed by atoms with van der Waals surface area (Å²) >= 11 is 7.48. The van der Waals surface area contributed by atoms with Crippen LogP contribution < -0.4 is 5.32 Å². The van der Waals surface area contributed by atoms with Gasteiger partial charge in [-0.15, -0.1) is 16.9 Å². The molecular weight excluding hydrogens is 358 g/mol. The lowest BCUT2D eigenvalue weighted by Gasteiger charge is -2.08. The molecule has 0 bridgehead atoms. The van der Waals surface area contributed by atoms with Crippen LogP contribution in [0.3, 0.4) is 0 Å². The van der Waals surface area contributed by atoms with Crippen molar-refractivity contribution in [2.45, 2.75) is 18.2 Å². The van der Waals surface area contributed by atoms with E-state index in [9.17, 15) is 4.79 Å². The number of benzene rings is 2. The summed E-state index contributed by atoms with van der Waals surface area (Å²) in [5.74, 6) is 1.34. The van der Waals surface area contributed by atoms with Gasteiger partial charge in [-0.25, -0.2) is 0 Å². The number of tetrazole rings is 1. The van der Waals surface area contributed by atoms with E-state index in [0.29, 0.717) is 28.7 Å². The predicted molar refractivity (Wildman–Crippen MR) is 99.3 cm³/mol. The van der Waals surface area contributed by atoms with Gasteiger partial charge in [0, 0.05) is 27.8 Å². The second-order valence-electron chi connectivity index (χ2n) is 5.29. The number of carbonyl (C=O) groups is 1. The number of nitrogens with one attached hydrogen (secondary N) is 1. The number of hydrogen-bond acceptors (Lipinski definition) is 5. The van der Waals surface area contributed by atoms with Crippen molar-refractivity contribution in [1.29, 1.82) is 0 Å². The summed E-state index contributed by atoms with van der Waals surface area (Å²) in [6, 6.07) is 15.0. The SMILES string of the molecule is Cc1nnnn1-c1cccc(NC(=O)CCSc2ccc(Cl)cc2)c1. The van der Waals surface area contributed by atoms with Gasteiger partial charge in [0.1, 0.15) is 0 Å². The molecule has 0 aliphatic heterocycles. The van der Waals surface area contributed by atoms with Gasteiger partial charge in [-0.1, -0.05) is 17.7 Å². The van der Waals surface area contributed by atoms with E-state index >= 15 is 0 Å². The van der Waals surface area contributed by atoms with Gasteiger partial charge in [0.15, 0.2) is 5.82 Å². The third-order valence-electron chi connectivity index (χ3n) is 3.41. The summed E-state index contributed by atoms with van der Waals surface area (Å²) in [5, 5.41) is 15.0. The molecule has 0 unspecified atom stereocenters. The maximum absolute atomic E-state index is 12.1. The number of aromatic nitrogens is 4. The number of amides is 1. The predicted octanol–water partition coefficient (Wildman–Crippen LogP) is 3.75. The van der Waals surface area contributed by atoms with Gasteiger partial charge in [-0.05, 0) is 59.8 Å². The van der Waals surface area contributed by atoms with E-state index in [2.05, 4.69) is 20.8 Å². The number of carbonyl (C=O) groups excluding carboxylic acids is 1. The molecule has 0 radical (unpaired) electrons. The lowest BCUT2D eigenvalue weighted by molar-refractivity contribution is -0.115. The number of hydrogen-bond donors (Lipinski definition) is 1. The van der Waals surface area contributed by atoms with Crippen molar-refractivity contribution in [2.24, 2.45) is 0 Å². The molecule has 0 fully saturated rings. The molecule has 0 spiro atoms. The second-order valence-corrected chi connectivity index (χ2v) is 6.89. The zero-order chi connectivity index (χ0) is 17.6. The third-order valence-corrected chi connectivity index (χ3v) is 4.68. The Balaban J connectivity index is 1.54. The molecule has 3 aromatic rings. The molecule has 1 heterocycles. The Labute approximate surface area is 154 Å². The molecule has 0 aliphatic carbocycles. The minimum Gasteiger partial charge on any atom is -0.326 e. The fraction of sp³-hybridized carbons (Fsp3) is 0.176. The fourth-order valence-electron chi connectivity index (χ4n) is 2.20. The first-order valence-corrected chi connectivity index (χ1v) is 9.02. The highest BCUT2D eigenvalue weighted by molar-refractivity contribution is 7.99. The monoisotopic (exact) mass is 373 g/mol. The van der Waals surface area contributed by atoms with Crippen LogP contribution in [0, 0.1) is 6.92 Å². The summed E-state index contributed by atoms with van der Waals surface area (Å²) in [5.41, 5.74) is 1.52. The number of rotatable bonds is 6. The first-order valence-electron chi connectivity index (χ1n) is 7.65. The summed E-state index contributed by atoms with van der Waals surface area (Å²) in [6.45, 7) is 1.82. The summed E-state index contributed by atoms with van der Waals surface area (Å²) in [7, 11) is 0. The zero-order valence-electron chi connectivity index (χ0n) is 13.5. The lowest BCUT2D eigenvalue weighted by atomic mass is 10.2. The Morgan fingerprint density at radius 2 is 2.04 bits per heavy atom. The van der Waals surface area contributed by atoms with Crippen molar-refractivity contribution in [3.63, 3.8) is 0 Å². The van der Waals surface area contributed by atoms with Crippen molar-refractivity contribution < 1.29 is 4.79 Å². The quantitative estimate of drug-likeness (QED) is 0.666. The number of anilines is 1. The number of halogens is 1. The van der Waals surface area contributed by atoms with E-state index in [1.54, 1.807) is 16.4 Å². The molecule has 2 aromatic carbocycles. The van der Waals surface area contributed by atoms with Gasteiger partial charge < -0.3 is 5.32 Å². The van der Waals surface area contributed by atoms with Crippen LogP contribution in [0.2, 0.25) is 5.02 Å². The van der Waals surface area contributed by atoms with Crippen LogP contribution in [0.25, 0.3) is 5.69 Å². The van der Waals surface area contributed by atoms with Crippen molar-refractivity contribution >= 4 is 35.0 Å². The van der Waals surface area contributed by atoms with Crippen LogP contribution in [0.1, 0.15) is 12.2 Å². The maximum Gasteiger partial charge on any atom is 0.225 e. The minimum atomic E-state index is -0.0351. The van der Waals surface area contributed by atoms with Gasteiger partial charge in [0.05, 0.1) is 5.69 Å². The molecule has 0 saturated carbocycles. The van der Waals surface area contributed by atoms with Gasteiger partial charge in [0.25, 0.3) is 0 Å². The van der Waals surface area contributed by atoms with Crippen LogP contribution in [0.15, 0.2) is 53.4 Å². The zero-order valence-corrected chi connectivity index (χ0v) is 15.1. The second kappa shape index (κ2) is 8.13. The molecule has 25 heavy (non-hydrogen) atoms. The Kier molecular flexibility index (Phi) is 5.67. The molecule has 1 aromatic heterocycles. The largest absolute Gasteiger partial charge is 0.326 e. The highest BCUT2D eigenvalue weighted by Gasteiger charge is 2.07. The molecule has 6 nitrogen and oxygen atoms in total. The highest BCUT2D eigenvalue weighted by atomic mass is 35.5. The Bertz CT molecular complexity index is 865. The van der Waals surface area contributed by atoms with Crippen LogP contribution >= 0.6 is 23.4 Å². The minimum absolute atomic E-state index is 0.0351. The molecular formula is C17H16ClN5OS. The summed E-state index contributed by atoms with van der Waals surface area (Å²) in [6.07, 6.45) is 0.418. The molecule has 1 N–H and O–H groups in total. The van der Waals surface area contributed by atoms with Crippen molar-refractivity contribution in [3.05, 3.63) is 59.4 Å². The Hall–Kier alpha value is -2.38. The average Bonchev–Trinajstić information content (AvgIpc) is 3.03. The van der Waals surface area contributed by atoms with Crippen molar-refractivity contribution in [1.82, 2.24) is 20.2 Å². The van der Waals surface area contributed by atoms with Gasteiger partial charge in [-0.2, -0.15) is 4.68 Å². The molecule has 8 heteroatoms. The standard InChI is InChI=1S/C17H16ClN5OS/c1-12-20-21-22-23(12)15-4-2-3-14(11-15)19-17(24)9-10-25-16-7-5-13(18)6-8-16/h2-8,11H,9-10H2,1H3,(H,19,24). The van der Waals surface area contributed by atoms with Gasteiger partial charge in [0.2, 0.25) is 5.91 Å². The van der Waals surface area contributed by atoms with E-state index in [1.807, 2.05) is 55.5 Å². The normalized spacial score (nSPS) is 10.6. The third kappa shape index (κ3) is 4.80. The first kappa shape index (κ1) is 17.4.